The summed E-state index contributed by atoms with van der Waals surface area (Å²) in [5.74, 6) is -0.896. The van der Waals surface area contributed by atoms with E-state index in [4.69, 9.17) is 0 Å². The Morgan fingerprint density at radius 3 is 2.42 bits per heavy atom. The first kappa shape index (κ1) is 15.3. The number of methoxy groups -OCH3 is 1. The summed E-state index contributed by atoms with van der Waals surface area (Å²) in [4.78, 5) is 11.3. The molecule has 0 aliphatic carbocycles. The molecule has 0 amide bonds. The number of ether oxygens (including phenoxy) is 2. The molecule has 3 nitrogen and oxygen atoms in total. The SMILES string of the molecule is COC(=O)c1ccc(CC(C)C)c(OC(F)(F)F)c1. The van der Waals surface area contributed by atoms with E-state index in [9.17, 15) is 18.0 Å². The molecule has 0 spiro atoms. The van der Waals surface area contributed by atoms with Gasteiger partial charge in [0.15, 0.2) is 0 Å². The number of carbonyl (C=O) groups is 1. The summed E-state index contributed by atoms with van der Waals surface area (Å²) in [6, 6.07) is 3.93. The number of hydrogen-bond acceptors (Lipinski definition) is 3. The van der Waals surface area contributed by atoms with Crippen LogP contribution in [-0.2, 0) is 11.2 Å². The third-order valence-corrected chi connectivity index (χ3v) is 2.34. The molecule has 0 heterocycles. The molecule has 0 aromatic heterocycles. The van der Waals surface area contributed by atoms with Crippen LogP contribution in [0.4, 0.5) is 13.2 Å². The fourth-order valence-electron chi connectivity index (χ4n) is 1.63. The maximum absolute atomic E-state index is 12.3. The molecular weight excluding hydrogens is 261 g/mol. The van der Waals surface area contributed by atoms with Crippen LogP contribution in [0.15, 0.2) is 18.2 Å². The van der Waals surface area contributed by atoms with Crippen molar-refractivity contribution in [2.24, 2.45) is 5.92 Å². The van der Waals surface area contributed by atoms with E-state index in [1.807, 2.05) is 13.8 Å². The minimum Gasteiger partial charge on any atom is -0.465 e. The predicted molar refractivity (Wildman–Crippen MR) is 63.0 cm³/mol. The third-order valence-electron chi connectivity index (χ3n) is 2.34. The summed E-state index contributed by atoms with van der Waals surface area (Å²) >= 11 is 0. The topological polar surface area (TPSA) is 35.5 Å². The average molecular weight is 276 g/mol. The molecule has 0 aliphatic rings. The number of benzene rings is 1. The van der Waals surface area contributed by atoms with Gasteiger partial charge >= 0.3 is 12.3 Å². The Morgan fingerprint density at radius 2 is 1.95 bits per heavy atom. The standard InChI is InChI=1S/C13H15F3O3/c1-8(2)6-9-4-5-10(12(17)18-3)7-11(9)19-13(14,15)16/h4-5,7-8H,6H2,1-3H3. The summed E-state index contributed by atoms with van der Waals surface area (Å²) in [5, 5.41) is 0. The fourth-order valence-corrected chi connectivity index (χ4v) is 1.63. The molecule has 0 atom stereocenters. The molecule has 0 saturated heterocycles. The zero-order valence-electron chi connectivity index (χ0n) is 10.9. The quantitative estimate of drug-likeness (QED) is 0.789. The Morgan fingerprint density at radius 1 is 1.32 bits per heavy atom. The van der Waals surface area contributed by atoms with Gasteiger partial charge in [0.05, 0.1) is 12.7 Å². The van der Waals surface area contributed by atoms with Crippen LogP contribution in [0, 0.1) is 5.92 Å². The van der Waals surface area contributed by atoms with E-state index in [-0.39, 0.29) is 17.2 Å². The summed E-state index contributed by atoms with van der Waals surface area (Å²) in [5.41, 5.74) is 0.425. The Balaban J connectivity index is 3.14. The van der Waals surface area contributed by atoms with Crippen molar-refractivity contribution in [2.45, 2.75) is 26.6 Å². The lowest BCUT2D eigenvalue weighted by Crippen LogP contribution is -2.19. The lowest BCUT2D eigenvalue weighted by Gasteiger charge is -2.15. The van der Waals surface area contributed by atoms with E-state index in [1.54, 1.807) is 0 Å². The molecule has 1 aromatic rings. The van der Waals surface area contributed by atoms with Crippen molar-refractivity contribution in [3.63, 3.8) is 0 Å². The van der Waals surface area contributed by atoms with E-state index < -0.39 is 12.3 Å². The molecule has 106 valence electrons. The van der Waals surface area contributed by atoms with Gasteiger partial charge in [0, 0.05) is 0 Å². The van der Waals surface area contributed by atoms with Crippen molar-refractivity contribution < 1.29 is 27.4 Å². The molecule has 0 radical (unpaired) electrons. The van der Waals surface area contributed by atoms with Crippen molar-refractivity contribution in [3.8, 4) is 5.75 Å². The van der Waals surface area contributed by atoms with Crippen LogP contribution in [0.5, 0.6) is 5.75 Å². The lowest BCUT2D eigenvalue weighted by molar-refractivity contribution is -0.274. The van der Waals surface area contributed by atoms with Gasteiger partial charge in [-0.25, -0.2) is 4.79 Å². The molecule has 0 unspecified atom stereocenters. The molecule has 1 rings (SSSR count). The van der Waals surface area contributed by atoms with Crippen molar-refractivity contribution in [1.82, 2.24) is 0 Å². The number of esters is 1. The summed E-state index contributed by atoms with van der Waals surface area (Å²) < 4.78 is 45.4. The van der Waals surface area contributed by atoms with Gasteiger partial charge in [0.2, 0.25) is 0 Å². The van der Waals surface area contributed by atoms with E-state index in [0.29, 0.717) is 12.0 Å². The largest absolute Gasteiger partial charge is 0.573 e. The third kappa shape index (κ3) is 4.81. The average Bonchev–Trinajstić information content (AvgIpc) is 2.28. The normalized spacial score (nSPS) is 11.5. The van der Waals surface area contributed by atoms with Crippen LogP contribution in [-0.4, -0.2) is 19.4 Å². The molecule has 0 aliphatic heterocycles. The van der Waals surface area contributed by atoms with Crippen molar-refractivity contribution in [2.75, 3.05) is 7.11 Å². The maximum Gasteiger partial charge on any atom is 0.573 e. The Bertz CT molecular complexity index is 453. The number of halogens is 3. The van der Waals surface area contributed by atoms with Gasteiger partial charge in [-0.2, -0.15) is 0 Å². The minimum absolute atomic E-state index is 0.0225. The predicted octanol–water partition coefficient (Wildman–Crippen LogP) is 3.57. The first-order valence-corrected chi connectivity index (χ1v) is 5.70. The van der Waals surface area contributed by atoms with Crippen molar-refractivity contribution in [3.05, 3.63) is 29.3 Å². The summed E-state index contributed by atoms with van der Waals surface area (Å²) in [7, 11) is 1.16. The first-order valence-electron chi connectivity index (χ1n) is 5.70. The number of alkyl halides is 3. The van der Waals surface area contributed by atoms with E-state index >= 15 is 0 Å². The summed E-state index contributed by atoms with van der Waals surface area (Å²) in [6.45, 7) is 3.76. The number of hydrogen-bond donors (Lipinski definition) is 0. The Labute approximate surface area is 109 Å². The molecule has 0 saturated carbocycles. The smallest absolute Gasteiger partial charge is 0.465 e. The maximum atomic E-state index is 12.3. The highest BCUT2D eigenvalue weighted by atomic mass is 19.4. The molecule has 6 heteroatoms. The van der Waals surface area contributed by atoms with Crippen LogP contribution in [0.1, 0.15) is 29.8 Å². The molecule has 1 aromatic carbocycles. The molecule has 0 fully saturated rings. The highest BCUT2D eigenvalue weighted by molar-refractivity contribution is 5.89. The van der Waals surface area contributed by atoms with Crippen LogP contribution in [0.3, 0.4) is 0 Å². The molecular formula is C13H15F3O3. The first-order chi connectivity index (χ1) is 8.73. The molecule has 19 heavy (non-hydrogen) atoms. The van der Waals surface area contributed by atoms with Gasteiger partial charge in [-0.15, -0.1) is 13.2 Å². The fraction of sp³-hybridized carbons (Fsp3) is 0.462. The van der Waals surface area contributed by atoms with Crippen LogP contribution >= 0.6 is 0 Å². The highest BCUT2D eigenvalue weighted by Crippen LogP contribution is 2.29. The van der Waals surface area contributed by atoms with Crippen LogP contribution in [0.25, 0.3) is 0 Å². The number of carbonyl (C=O) groups excluding carboxylic acids is 1. The second-order valence-corrected chi connectivity index (χ2v) is 4.46. The van der Waals surface area contributed by atoms with Gasteiger partial charge in [-0.3, -0.25) is 0 Å². The second kappa shape index (κ2) is 5.95. The van der Waals surface area contributed by atoms with Crippen LogP contribution in [0.2, 0.25) is 0 Å². The van der Waals surface area contributed by atoms with E-state index in [1.165, 1.54) is 12.1 Å². The Kier molecular flexibility index (Phi) is 4.80. The summed E-state index contributed by atoms with van der Waals surface area (Å²) in [6.07, 6.45) is -4.37. The molecule has 0 bridgehead atoms. The van der Waals surface area contributed by atoms with Crippen molar-refractivity contribution >= 4 is 5.97 Å². The van der Waals surface area contributed by atoms with Gasteiger partial charge in [-0.05, 0) is 30.0 Å². The minimum atomic E-state index is -4.79. The van der Waals surface area contributed by atoms with Gasteiger partial charge in [-0.1, -0.05) is 19.9 Å². The lowest BCUT2D eigenvalue weighted by atomic mass is 10.0. The molecule has 0 N–H and O–H groups in total. The van der Waals surface area contributed by atoms with E-state index in [0.717, 1.165) is 13.2 Å². The van der Waals surface area contributed by atoms with Crippen molar-refractivity contribution in [1.29, 1.82) is 0 Å². The zero-order valence-corrected chi connectivity index (χ0v) is 10.9. The number of rotatable bonds is 4. The highest BCUT2D eigenvalue weighted by Gasteiger charge is 2.32. The second-order valence-electron chi connectivity index (χ2n) is 4.46. The zero-order chi connectivity index (χ0) is 14.6. The van der Waals surface area contributed by atoms with E-state index in [2.05, 4.69) is 9.47 Å². The van der Waals surface area contributed by atoms with Gasteiger partial charge < -0.3 is 9.47 Å². The van der Waals surface area contributed by atoms with Gasteiger partial charge in [0.25, 0.3) is 0 Å². The van der Waals surface area contributed by atoms with Crippen LogP contribution < -0.4 is 4.74 Å². The van der Waals surface area contributed by atoms with Gasteiger partial charge in [0.1, 0.15) is 5.75 Å². The monoisotopic (exact) mass is 276 g/mol. The Hall–Kier alpha value is -1.72.